The van der Waals surface area contributed by atoms with Crippen LogP contribution in [0, 0.1) is 0 Å². The first-order chi connectivity index (χ1) is 9.10. The van der Waals surface area contributed by atoms with Crippen LogP contribution in [0.15, 0.2) is 24.3 Å². The summed E-state index contributed by atoms with van der Waals surface area (Å²) in [4.78, 5) is 22.2. The normalized spacial score (nSPS) is 9.05. The molecule has 0 amide bonds. The van der Waals surface area contributed by atoms with Gasteiger partial charge in [-0.3, -0.25) is 0 Å². The predicted octanol–water partition coefficient (Wildman–Crippen LogP) is 2.00. The Kier molecular flexibility index (Phi) is 9.08. The van der Waals surface area contributed by atoms with E-state index in [1.165, 1.54) is 33.1 Å². The van der Waals surface area contributed by atoms with E-state index in [0.29, 0.717) is 11.1 Å². The molecule has 1 aromatic carbocycles. The van der Waals surface area contributed by atoms with Crippen LogP contribution < -0.4 is 5.73 Å². The number of benzene rings is 1. The molecule has 0 unspecified atom stereocenters. The Hall–Kier alpha value is -1.88. The highest BCUT2D eigenvalue weighted by atomic mass is 16.5. The van der Waals surface area contributed by atoms with Gasteiger partial charge >= 0.3 is 11.9 Å². The third-order valence-corrected chi connectivity index (χ3v) is 2.26. The third-order valence-electron chi connectivity index (χ3n) is 2.26. The van der Waals surface area contributed by atoms with E-state index in [-0.39, 0.29) is 0 Å². The third kappa shape index (κ3) is 6.57. The number of hydrogen-bond donors (Lipinski definition) is 1. The van der Waals surface area contributed by atoms with Crippen molar-refractivity contribution in [2.24, 2.45) is 5.73 Å². The van der Waals surface area contributed by atoms with Crippen LogP contribution in [0.4, 0.5) is 0 Å². The van der Waals surface area contributed by atoms with Crippen molar-refractivity contribution in [1.82, 2.24) is 0 Å². The molecule has 0 spiro atoms. The second-order valence-electron chi connectivity index (χ2n) is 3.71. The highest BCUT2D eigenvalue weighted by molar-refractivity contribution is 5.95. The molecule has 0 radical (unpaired) electrons. The molecule has 0 bridgehead atoms. The van der Waals surface area contributed by atoms with Gasteiger partial charge in [0.05, 0.1) is 25.3 Å². The quantitative estimate of drug-likeness (QED) is 0.844. The lowest BCUT2D eigenvalue weighted by atomic mass is 10.1. The van der Waals surface area contributed by atoms with Crippen molar-refractivity contribution in [3.05, 3.63) is 35.4 Å². The van der Waals surface area contributed by atoms with Gasteiger partial charge < -0.3 is 15.2 Å². The van der Waals surface area contributed by atoms with Crippen molar-refractivity contribution in [2.75, 3.05) is 20.8 Å². The van der Waals surface area contributed by atoms with Crippen molar-refractivity contribution in [1.29, 1.82) is 0 Å². The summed E-state index contributed by atoms with van der Waals surface area (Å²) in [6, 6.07) is 6.16. The lowest BCUT2D eigenvalue weighted by molar-refractivity contribution is 0.0599. The van der Waals surface area contributed by atoms with Crippen molar-refractivity contribution in [2.45, 2.75) is 19.8 Å². The molecule has 0 aliphatic heterocycles. The summed E-state index contributed by atoms with van der Waals surface area (Å²) in [7, 11) is 2.57. The highest BCUT2D eigenvalue weighted by Crippen LogP contribution is 2.07. The Labute approximate surface area is 113 Å². The van der Waals surface area contributed by atoms with E-state index in [9.17, 15) is 9.59 Å². The molecule has 106 valence electrons. The fourth-order valence-corrected chi connectivity index (χ4v) is 1.21. The minimum Gasteiger partial charge on any atom is -0.465 e. The topological polar surface area (TPSA) is 78.6 Å². The second kappa shape index (κ2) is 10.1. The molecule has 0 aliphatic rings. The standard InChI is InChI=1S/C10H10O4.C4H11N/c1-13-9(11)7-4-3-5-8(6-7)10(12)14-2;1-2-3-4-5/h3-6H,1-2H3;2-5H2,1H3. The summed E-state index contributed by atoms with van der Waals surface area (Å²) >= 11 is 0. The molecular formula is C14H21NO4. The molecule has 0 fully saturated rings. The maximum absolute atomic E-state index is 11.1. The van der Waals surface area contributed by atoms with Gasteiger partial charge in [0, 0.05) is 0 Å². The van der Waals surface area contributed by atoms with E-state index >= 15 is 0 Å². The fourth-order valence-electron chi connectivity index (χ4n) is 1.21. The van der Waals surface area contributed by atoms with Crippen LogP contribution in [0.2, 0.25) is 0 Å². The van der Waals surface area contributed by atoms with Gasteiger partial charge in [-0.2, -0.15) is 0 Å². The Morgan fingerprint density at radius 2 is 1.58 bits per heavy atom. The highest BCUT2D eigenvalue weighted by Gasteiger charge is 2.09. The zero-order chi connectivity index (χ0) is 14.7. The van der Waals surface area contributed by atoms with Crippen molar-refractivity contribution >= 4 is 11.9 Å². The first kappa shape index (κ1) is 17.1. The van der Waals surface area contributed by atoms with E-state index in [2.05, 4.69) is 16.4 Å². The van der Waals surface area contributed by atoms with Crippen LogP contribution in [0.25, 0.3) is 0 Å². The largest absolute Gasteiger partial charge is 0.465 e. The minimum atomic E-state index is -0.476. The first-order valence-electron chi connectivity index (χ1n) is 6.07. The van der Waals surface area contributed by atoms with Gasteiger partial charge in [0.2, 0.25) is 0 Å². The van der Waals surface area contributed by atoms with Crippen LogP contribution in [-0.4, -0.2) is 32.7 Å². The minimum absolute atomic E-state index is 0.329. The van der Waals surface area contributed by atoms with Crippen LogP contribution >= 0.6 is 0 Å². The van der Waals surface area contributed by atoms with Crippen molar-refractivity contribution < 1.29 is 19.1 Å². The number of unbranched alkanes of at least 4 members (excludes halogenated alkanes) is 1. The van der Waals surface area contributed by atoms with Crippen LogP contribution in [0.1, 0.15) is 40.5 Å². The molecule has 2 N–H and O–H groups in total. The van der Waals surface area contributed by atoms with Gasteiger partial charge in [0.15, 0.2) is 0 Å². The Morgan fingerprint density at radius 3 is 1.84 bits per heavy atom. The van der Waals surface area contributed by atoms with E-state index in [1.807, 2.05) is 0 Å². The van der Waals surface area contributed by atoms with E-state index in [4.69, 9.17) is 5.73 Å². The molecule has 0 saturated heterocycles. The van der Waals surface area contributed by atoms with Gasteiger partial charge in [-0.05, 0) is 31.2 Å². The number of carbonyl (C=O) groups is 2. The summed E-state index contributed by atoms with van der Waals surface area (Å²) in [6.45, 7) is 2.98. The molecule has 5 heteroatoms. The summed E-state index contributed by atoms with van der Waals surface area (Å²) < 4.78 is 9.03. The number of hydrogen-bond acceptors (Lipinski definition) is 5. The number of methoxy groups -OCH3 is 2. The number of nitrogens with two attached hydrogens (primary N) is 1. The fraction of sp³-hybridized carbons (Fsp3) is 0.429. The molecule has 19 heavy (non-hydrogen) atoms. The van der Waals surface area contributed by atoms with Crippen LogP contribution in [-0.2, 0) is 9.47 Å². The van der Waals surface area contributed by atoms with Gasteiger partial charge in [-0.1, -0.05) is 19.4 Å². The number of ether oxygens (including phenoxy) is 2. The monoisotopic (exact) mass is 267 g/mol. The Morgan fingerprint density at radius 1 is 1.11 bits per heavy atom. The summed E-state index contributed by atoms with van der Waals surface area (Å²) in [6.07, 6.45) is 2.39. The molecule has 1 rings (SSSR count). The summed E-state index contributed by atoms with van der Waals surface area (Å²) in [5.41, 5.74) is 5.80. The Balaban J connectivity index is 0.000000555. The average Bonchev–Trinajstić information content (AvgIpc) is 2.47. The van der Waals surface area contributed by atoms with Gasteiger partial charge in [-0.25, -0.2) is 9.59 Å². The summed E-state index contributed by atoms with van der Waals surface area (Å²) in [5, 5.41) is 0. The lowest BCUT2D eigenvalue weighted by Gasteiger charge is -2.01. The van der Waals surface area contributed by atoms with Crippen LogP contribution in [0.5, 0.6) is 0 Å². The van der Waals surface area contributed by atoms with Crippen LogP contribution in [0.3, 0.4) is 0 Å². The molecule has 5 nitrogen and oxygen atoms in total. The maximum Gasteiger partial charge on any atom is 0.337 e. The first-order valence-corrected chi connectivity index (χ1v) is 6.07. The Bertz CT molecular complexity index is 371. The van der Waals surface area contributed by atoms with Gasteiger partial charge in [0.1, 0.15) is 0 Å². The molecule has 0 atom stereocenters. The number of rotatable bonds is 4. The maximum atomic E-state index is 11.1. The molecule has 0 saturated carbocycles. The van der Waals surface area contributed by atoms with Crippen molar-refractivity contribution in [3.63, 3.8) is 0 Å². The van der Waals surface area contributed by atoms with Gasteiger partial charge in [-0.15, -0.1) is 0 Å². The van der Waals surface area contributed by atoms with Crippen molar-refractivity contribution in [3.8, 4) is 0 Å². The smallest absolute Gasteiger partial charge is 0.337 e. The lowest BCUT2D eigenvalue weighted by Crippen LogP contribution is -2.05. The van der Waals surface area contributed by atoms with E-state index < -0.39 is 11.9 Å². The molecule has 0 heterocycles. The molecule has 0 aliphatic carbocycles. The second-order valence-corrected chi connectivity index (χ2v) is 3.71. The molecule has 1 aromatic rings. The zero-order valence-electron chi connectivity index (χ0n) is 11.6. The predicted molar refractivity (Wildman–Crippen MR) is 73.1 cm³/mol. The molecular weight excluding hydrogens is 246 g/mol. The number of carbonyl (C=O) groups excluding carboxylic acids is 2. The summed E-state index contributed by atoms with van der Waals surface area (Å²) in [5.74, 6) is -0.952. The zero-order valence-corrected chi connectivity index (χ0v) is 11.6. The van der Waals surface area contributed by atoms with E-state index in [1.54, 1.807) is 18.2 Å². The van der Waals surface area contributed by atoms with E-state index in [0.717, 1.165) is 6.54 Å². The van der Waals surface area contributed by atoms with Gasteiger partial charge in [0.25, 0.3) is 0 Å². The SMILES string of the molecule is CCCCN.COC(=O)c1cccc(C(=O)OC)c1. The molecule has 0 aromatic heterocycles. The number of esters is 2. The average molecular weight is 267 g/mol.